The number of hydrogen-bond acceptors (Lipinski definition) is 2. The third-order valence-electron chi connectivity index (χ3n) is 3.17. The molecule has 0 saturated carbocycles. The fourth-order valence-electron chi connectivity index (χ4n) is 2.20. The van der Waals surface area contributed by atoms with Crippen molar-refractivity contribution in [1.82, 2.24) is 10.2 Å². The summed E-state index contributed by atoms with van der Waals surface area (Å²) < 4.78 is 66.0. The van der Waals surface area contributed by atoms with E-state index in [1.807, 2.05) is 0 Å². The van der Waals surface area contributed by atoms with Gasteiger partial charge in [0.1, 0.15) is 5.82 Å². The van der Waals surface area contributed by atoms with Crippen LogP contribution in [0, 0.1) is 5.82 Å². The van der Waals surface area contributed by atoms with E-state index in [0.717, 1.165) is 17.0 Å². The van der Waals surface area contributed by atoms with Gasteiger partial charge in [0.25, 0.3) is 0 Å². The molecule has 2 heterocycles. The molecule has 0 amide bonds. The van der Waals surface area contributed by atoms with Gasteiger partial charge in [-0.05, 0) is 12.1 Å². The molecule has 1 aromatic carbocycles. The van der Waals surface area contributed by atoms with Gasteiger partial charge in [-0.3, -0.25) is 5.10 Å². The minimum absolute atomic E-state index is 0.0812. The van der Waals surface area contributed by atoms with Crippen LogP contribution in [-0.2, 0) is 0 Å². The fraction of sp³-hybridized carbons (Fsp3) is 0.364. The first-order valence-electron chi connectivity index (χ1n) is 5.55. The van der Waals surface area contributed by atoms with Gasteiger partial charge in [0.05, 0.1) is 29.0 Å². The second-order valence-corrected chi connectivity index (χ2v) is 5.03. The number of nitrogens with zero attached hydrogens (tertiary/aromatic N) is 2. The number of rotatable bonds is 1. The van der Waals surface area contributed by atoms with Gasteiger partial charge >= 0.3 is 11.8 Å². The summed E-state index contributed by atoms with van der Waals surface area (Å²) in [6, 6.07) is 2.03. The number of alkyl halides is 4. The van der Waals surface area contributed by atoms with E-state index in [0.29, 0.717) is 0 Å². The van der Waals surface area contributed by atoms with Gasteiger partial charge in [-0.2, -0.15) is 22.7 Å². The summed E-state index contributed by atoms with van der Waals surface area (Å²) in [4.78, 5) is 0.739. The van der Waals surface area contributed by atoms with Crippen LogP contribution in [0.4, 0.5) is 27.8 Å². The van der Waals surface area contributed by atoms with Gasteiger partial charge in [-0.15, -0.1) is 0 Å². The predicted molar refractivity (Wildman–Crippen MR) is 63.2 cm³/mol. The molecule has 0 unspecified atom stereocenters. The molecule has 1 aromatic heterocycles. The van der Waals surface area contributed by atoms with Gasteiger partial charge < -0.3 is 4.90 Å². The lowest BCUT2D eigenvalue weighted by Crippen LogP contribution is -2.38. The van der Waals surface area contributed by atoms with Crippen molar-refractivity contribution in [2.24, 2.45) is 0 Å². The van der Waals surface area contributed by atoms with E-state index in [2.05, 4.69) is 10.2 Å². The average molecular weight is 312 g/mol. The monoisotopic (exact) mass is 311 g/mol. The lowest BCUT2D eigenvalue weighted by atomic mass is 10.2. The van der Waals surface area contributed by atoms with Gasteiger partial charge in [-0.25, -0.2) is 4.39 Å². The van der Waals surface area contributed by atoms with Gasteiger partial charge in [0, 0.05) is 0 Å². The zero-order valence-electron chi connectivity index (χ0n) is 9.73. The number of hydrogen-bond donors (Lipinski definition) is 1. The Bertz CT molecular complexity index is 668. The van der Waals surface area contributed by atoms with Crippen molar-refractivity contribution in [3.05, 3.63) is 23.0 Å². The molecule has 9 heteroatoms. The van der Waals surface area contributed by atoms with E-state index in [1.54, 1.807) is 0 Å². The second kappa shape index (κ2) is 3.97. The Labute approximate surface area is 114 Å². The molecule has 3 rings (SSSR count). The molecule has 0 spiro atoms. The van der Waals surface area contributed by atoms with Crippen LogP contribution in [0.25, 0.3) is 10.9 Å². The van der Waals surface area contributed by atoms with Crippen LogP contribution in [0.15, 0.2) is 12.1 Å². The first kappa shape index (κ1) is 13.4. The lowest BCUT2D eigenvalue weighted by molar-refractivity contribution is -0.172. The molecule has 1 aliphatic rings. The highest BCUT2D eigenvalue weighted by Gasteiger charge is 2.63. The van der Waals surface area contributed by atoms with Crippen LogP contribution in [0.5, 0.6) is 0 Å². The second-order valence-electron chi connectivity index (χ2n) is 4.62. The van der Waals surface area contributed by atoms with E-state index in [1.165, 1.54) is 0 Å². The zero-order valence-corrected chi connectivity index (χ0v) is 10.5. The highest BCUT2D eigenvalue weighted by molar-refractivity contribution is 6.36. The largest absolute Gasteiger partial charge is 0.342 e. The number of halogens is 6. The maximum atomic E-state index is 13.2. The third kappa shape index (κ3) is 1.81. The van der Waals surface area contributed by atoms with Gasteiger partial charge in [0.15, 0.2) is 5.82 Å². The Balaban J connectivity index is 2.09. The minimum Gasteiger partial charge on any atom is -0.342 e. The van der Waals surface area contributed by atoms with Crippen molar-refractivity contribution in [3.8, 4) is 0 Å². The van der Waals surface area contributed by atoms with Crippen molar-refractivity contribution < 1.29 is 22.0 Å². The molecule has 0 atom stereocenters. The number of nitrogens with one attached hydrogen (secondary N) is 1. The van der Waals surface area contributed by atoms with Crippen LogP contribution >= 0.6 is 11.6 Å². The number of anilines is 1. The summed E-state index contributed by atoms with van der Waals surface area (Å²) in [5.41, 5.74) is 0.156. The third-order valence-corrected chi connectivity index (χ3v) is 3.47. The summed E-state index contributed by atoms with van der Waals surface area (Å²) in [6.45, 7) is -2.35. The number of H-pyrrole nitrogens is 1. The van der Waals surface area contributed by atoms with E-state index in [9.17, 15) is 22.0 Å². The number of aromatic nitrogens is 2. The maximum absolute atomic E-state index is 13.2. The zero-order chi connectivity index (χ0) is 14.7. The SMILES string of the molecule is Fc1cc(Cl)c2c(N3CC(F)(F)C(F)(F)C3)n[nH]c2c1. The Morgan fingerprint density at radius 3 is 2.35 bits per heavy atom. The average Bonchev–Trinajstić information content (AvgIpc) is 2.78. The van der Waals surface area contributed by atoms with E-state index >= 15 is 0 Å². The van der Waals surface area contributed by atoms with Gasteiger partial charge in [0.2, 0.25) is 0 Å². The summed E-state index contributed by atoms with van der Waals surface area (Å²) >= 11 is 5.83. The highest BCUT2D eigenvalue weighted by atomic mass is 35.5. The van der Waals surface area contributed by atoms with Crippen LogP contribution in [0.2, 0.25) is 5.02 Å². The quantitative estimate of drug-likeness (QED) is 0.818. The Hall–Kier alpha value is -1.57. The molecule has 1 aliphatic heterocycles. The topological polar surface area (TPSA) is 31.9 Å². The van der Waals surface area contributed by atoms with E-state index in [-0.39, 0.29) is 21.7 Å². The maximum Gasteiger partial charge on any atom is 0.329 e. The molecule has 108 valence electrons. The van der Waals surface area contributed by atoms with Gasteiger partial charge in [-0.1, -0.05) is 11.6 Å². The standard InChI is InChI=1S/C11H7ClF5N3/c12-6-1-5(13)2-7-8(6)9(19-18-7)20-3-10(14,15)11(16,17)4-20/h1-2H,3-4H2,(H,18,19). The predicted octanol–water partition coefficient (Wildman–Crippen LogP) is 3.45. The Kier molecular flexibility index (Phi) is 2.66. The van der Waals surface area contributed by atoms with Crippen LogP contribution < -0.4 is 4.90 Å². The normalized spacial score (nSPS) is 20.8. The fourth-order valence-corrected chi connectivity index (χ4v) is 2.49. The Morgan fingerprint density at radius 2 is 1.75 bits per heavy atom. The molecule has 2 aromatic rings. The van der Waals surface area contributed by atoms with Crippen molar-refractivity contribution in [1.29, 1.82) is 0 Å². The highest BCUT2D eigenvalue weighted by Crippen LogP contribution is 2.44. The van der Waals surface area contributed by atoms with Crippen LogP contribution in [0.1, 0.15) is 0 Å². The number of aromatic amines is 1. The molecule has 1 saturated heterocycles. The van der Waals surface area contributed by atoms with Crippen molar-refractivity contribution in [2.75, 3.05) is 18.0 Å². The van der Waals surface area contributed by atoms with Crippen molar-refractivity contribution >= 4 is 28.3 Å². The first-order chi connectivity index (χ1) is 9.21. The van der Waals surface area contributed by atoms with Crippen LogP contribution in [-0.4, -0.2) is 35.1 Å². The molecular weight excluding hydrogens is 305 g/mol. The molecular formula is C11H7ClF5N3. The lowest BCUT2D eigenvalue weighted by Gasteiger charge is -2.14. The van der Waals surface area contributed by atoms with E-state index in [4.69, 9.17) is 11.6 Å². The molecule has 0 aliphatic carbocycles. The number of fused-ring (bicyclic) bond motifs is 1. The van der Waals surface area contributed by atoms with E-state index < -0.39 is 30.8 Å². The van der Waals surface area contributed by atoms with Crippen molar-refractivity contribution in [2.45, 2.75) is 11.8 Å². The molecule has 0 radical (unpaired) electrons. The molecule has 20 heavy (non-hydrogen) atoms. The molecule has 3 nitrogen and oxygen atoms in total. The summed E-state index contributed by atoms with van der Waals surface area (Å²) in [5.74, 6) is -9.08. The minimum atomic E-state index is -4.15. The van der Waals surface area contributed by atoms with Crippen LogP contribution in [0.3, 0.4) is 0 Å². The smallest absolute Gasteiger partial charge is 0.329 e. The first-order valence-corrected chi connectivity index (χ1v) is 5.93. The van der Waals surface area contributed by atoms with Crippen molar-refractivity contribution in [3.63, 3.8) is 0 Å². The molecule has 0 bridgehead atoms. The summed E-state index contributed by atoms with van der Waals surface area (Å²) in [7, 11) is 0. The Morgan fingerprint density at radius 1 is 1.15 bits per heavy atom. The summed E-state index contributed by atoms with van der Waals surface area (Å²) in [6.07, 6.45) is 0. The molecule has 1 fully saturated rings. The summed E-state index contributed by atoms with van der Waals surface area (Å²) in [5, 5.41) is 6.15. The number of benzene rings is 1. The molecule has 1 N–H and O–H groups in total.